The quantitative estimate of drug-likeness (QED) is 0.617. The van der Waals surface area contributed by atoms with Crippen LogP contribution in [-0.2, 0) is 0 Å². The second-order valence-electron chi connectivity index (χ2n) is 4.67. The minimum atomic E-state index is 0.731. The molecule has 4 heteroatoms. The van der Waals surface area contributed by atoms with E-state index in [-0.39, 0.29) is 0 Å². The lowest BCUT2D eigenvalue weighted by molar-refractivity contribution is 1.04. The number of para-hydroxylation sites is 1. The third-order valence-electron chi connectivity index (χ3n) is 3.31. The van der Waals surface area contributed by atoms with Crippen molar-refractivity contribution in [1.29, 1.82) is 0 Å². The molecule has 1 aromatic heterocycles. The molecule has 0 aliphatic carbocycles. The Morgan fingerprint density at radius 3 is 2.63 bits per heavy atom. The first kappa shape index (κ1) is 12.6. The predicted octanol–water partition coefficient (Wildman–Crippen LogP) is 5.07. The number of aromatic nitrogens is 2. The summed E-state index contributed by atoms with van der Waals surface area (Å²) < 4.78 is 3.92. The maximum atomic E-state index is 5.48. The highest BCUT2D eigenvalue weighted by Gasteiger charge is 2.10. The number of aryl methyl sites for hydroxylation is 2. The van der Waals surface area contributed by atoms with Crippen LogP contribution in [0.25, 0.3) is 16.7 Å². The zero-order valence-corrected chi connectivity index (χ0v) is 13.1. The van der Waals surface area contributed by atoms with Gasteiger partial charge in [-0.2, -0.15) is 0 Å². The van der Waals surface area contributed by atoms with Crippen molar-refractivity contribution in [2.75, 3.05) is 0 Å². The molecule has 0 saturated carbocycles. The number of fused-ring (bicyclic) bond motifs is 1. The van der Waals surface area contributed by atoms with Crippen molar-refractivity contribution in [3.63, 3.8) is 0 Å². The van der Waals surface area contributed by atoms with Gasteiger partial charge in [-0.05, 0) is 61.5 Å². The Labute approximate surface area is 125 Å². The summed E-state index contributed by atoms with van der Waals surface area (Å²) in [7, 11) is 0. The van der Waals surface area contributed by atoms with Crippen LogP contribution >= 0.6 is 28.1 Å². The molecule has 0 saturated heterocycles. The largest absolute Gasteiger partial charge is 0.330 e. The molecule has 2 aromatic carbocycles. The van der Waals surface area contributed by atoms with E-state index < -0.39 is 0 Å². The fourth-order valence-corrected chi connectivity index (χ4v) is 3.20. The van der Waals surface area contributed by atoms with Gasteiger partial charge in [0.25, 0.3) is 0 Å². The van der Waals surface area contributed by atoms with Crippen molar-refractivity contribution in [2.45, 2.75) is 13.8 Å². The lowest BCUT2D eigenvalue weighted by Crippen LogP contribution is -1.98. The monoisotopic (exact) mass is 332 g/mol. The third kappa shape index (κ3) is 2.05. The summed E-state index contributed by atoms with van der Waals surface area (Å²) in [6.07, 6.45) is 0. The molecule has 0 atom stereocenters. The Kier molecular flexibility index (Phi) is 3.07. The number of imidazole rings is 1. The Bertz CT molecular complexity index is 830. The van der Waals surface area contributed by atoms with E-state index in [4.69, 9.17) is 12.2 Å². The van der Waals surface area contributed by atoms with Crippen molar-refractivity contribution in [2.24, 2.45) is 0 Å². The zero-order valence-electron chi connectivity index (χ0n) is 10.7. The highest BCUT2D eigenvalue weighted by molar-refractivity contribution is 9.10. The van der Waals surface area contributed by atoms with Crippen molar-refractivity contribution in [3.8, 4) is 5.69 Å². The van der Waals surface area contributed by atoms with Crippen LogP contribution in [0.15, 0.2) is 40.9 Å². The molecule has 0 spiro atoms. The van der Waals surface area contributed by atoms with Gasteiger partial charge in [0, 0.05) is 4.47 Å². The second-order valence-corrected chi connectivity index (χ2v) is 5.97. The summed E-state index contributed by atoms with van der Waals surface area (Å²) in [4.78, 5) is 3.27. The van der Waals surface area contributed by atoms with E-state index >= 15 is 0 Å². The summed E-state index contributed by atoms with van der Waals surface area (Å²) in [6, 6.07) is 12.4. The highest BCUT2D eigenvalue weighted by Crippen LogP contribution is 2.26. The van der Waals surface area contributed by atoms with Gasteiger partial charge in [-0.3, -0.25) is 4.57 Å². The average Bonchev–Trinajstić information content (AvgIpc) is 2.67. The molecule has 3 rings (SSSR count). The topological polar surface area (TPSA) is 20.7 Å². The van der Waals surface area contributed by atoms with Crippen molar-refractivity contribution in [1.82, 2.24) is 9.55 Å². The number of aromatic amines is 1. The van der Waals surface area contributed by atoms with Gasteiger partial charge in [0.1, 0.15) is 0 Å². The Morgan fingerprint density at radius 2 is 1.89 bits per heavy atom. The van der Waals surface area contributed by atoms with Gasteiger partial charge >= 0.3 is 0 Å². The van der Waals surface area contributed by atoms with Crippen LogP contribution in [0.3, 0.4) is 0 Å². The summed E-state index contributed by atoms with van der Waals surface area (Å²) in [5.41, 5.74) is 5.75. The van der Waals surface area contributed by atoms with E-state index in [2.05, 4.69) is 63.6 Å². The van der Waals surface area contributed by atoms with E-state index in [1.807, 2.05) is 12.1 Å². The number of rotatable bonds is 1. The lowest BCUT2D eigenvalue weighted by Gasteiger charge is -2.10. The summed E-state index contributed by atoms with van der Waals surface area (Å²) in [5.74, 6) is 0. The van der Waals surface area contributed by atoms with Gasteiger partial charge < -0.3 is 4.98 Å². The summed E-state index contributed by atoms with van der Waals surface area (Å²) in [6.45, 7) is 4.20. The van der Waals surface area contributed by atoms with E-state index in [9.17, 15) is 0 Å². The van der Waals surface area contributed by atoms with Crippen LogP contribution in [0.4, 0.5) is 0 Å². The maximum Gasteiger partial charge on any atom is 0.182 e. The lowest BCUT2D eigenvalue weighted by atomic mass is 10.1. The molecule has 0 aliphatic heterocycles. The minimum absolute atomic E-state index is 0.731. The summed E-state index contributed by atoms with van der Waals surface area (Å²) in [5, 5.41) is 0. The van der Waals surface area contributed by atoms with Gasteiger partial charge in [-0.1, -0.05) is 28.1 Å². The average molecular weight is 333 g/mol. The van der Waals surface area contributed by atoms with Crippen LogP contribution < -0.4 is 0 Å². The van der Waals surface area contributed by atoms with E-state index in [1.54, 1.807) is 0 Å². The number of hydrogen-bond donors (Lipinski definition) is 1. The smallest absolute Gasteiger partial charge is 0.182 e. The van der Waals surface area contributed by atoms with Gasteiger partial charge in [0.15, 0.2) is 4.77 Å². The predicted molar refractivity (Wildman–Crippen MR) is 85.6 cm³/mol. The number of benzene rings is 2. The normalized spacial score (nSPS) is 11.1. The molecule has 96 valence electrons. The standard InChI is InChI=1S/C15H13BrN2S/c1-9-4-3-5-12-14(9)18(15(19)17-12)13-7-6-11(16)8-10(13)2/h3-8H,1-2H3,(H,17,19). The molecule has 0 amide bonds. The van der Waals surface area contributed by atoms with Crippen LogP contribution in [-0.4, -0.2) is 9.55 Å². The van der Waals surface area contributed by atoms with Crippen molar-refractivity contribution < 1.29 is 0 Å². The Balaban J connectivity index is 2.42. The molecule has 3 aromatic rings. The van der Waals surface area contributed by atoms with Gasteiger partial charge in [0.2, 0.25) is 0 Å². The molecule has 0 fully saturated rings. The number of halogens is 1. The van der Waals surface area contributed by atoms with Crippen LogP contribution in [0.1, 0.15) is 11.1 Å². The first-order chi connectivity index (χ1) is 9.08. The van der Waals surface area contributed by atoms with E-state index in [1.165, 1.54) is 11.1 Å². The fraction of sp³-hybridized carbons (Fsp3) is 0.133. The first-order valence-corrected chi connectivity index (χ1v) is 7.25. The molecule has 0 unspecified atom stereocenters. The molecule has 0 bridgehead atoms. The molecule has 1 N–H and O–H groups in total. The molecule has 2 nitrogen and oxygen atoms in total. The van der Waals surface area contributed by atoms with E-state index in [0.29, 0.717) is 0 Å². The highest BCUT2D eigenvalue weighted by atomic mass is 79.9. The van der Waals surface area contributed by atoms with Gasteiger partial charge in [-0.25, -0.2) is 0 Å². The molecular formula is C15H13BrN2S. The SMILES string of the molecule is Cc1cc(Br)ccc1-n1c(=S)[nH]c2cccc(C)c21. The molecular weight excluding hydrogens is 320 g/mol. The number of nitrogens with one attached hydrogen (secondary N) is 1. The molecule has 0 aliphatic rings. The molecule has 1 heterocycles. The zero-order chi connectivity index (χ0) is 13.6. The first-order valence-electron chi connectivity index (χ1n) is 6.05. The van der Waals surface area contributed by atoms with Gasteiger partial charge in [0.05, 0.1) is 16.7 Å². The van der Waals surface area contributed by atoms with Crippen molar-refractivity contribution >= 4 is 39.2 Å². The second kappa shape index (κ2) is 4.62. The van der Waals surface area contributed by atoms with Crippen LogP contribution in [0.2, 0.25) is 0 Å². The van der Waals surface area contributed by atoms with Crippen LogP contribution in [0.5, 0.6) is 0 Å². The Morgan fingerprint density at radius 1 is 1.11 bits per heavy atom. The molecule has 0 radical (unpaired) electrons. The van der Waals surface area contributed by atoms with Crippen LogP contribution in [0, 0.1) is 18.6 Å². The maximum absolute atomic E-state index is 5.48. The van der Waals surface area contributed by atoms with Crippen molar-refractivity contribution in [3.05, 3.63) is 56.8 Å². The van der Waals surface area contributed by atoms with Gasteiger partial charge in [-0.15, -0.1) is 0 Å². The number of H-pyrrole nitrogens is 1. The molecule has 19 heavy (non-hydrogen) atoms. The van der Waals surface area contributed by atoms with E-state index in [0.717, 1.165) is 26.0 Å². The number of nitrogens with zero attached hydrogens (tertiary/aromatic N) is 1. The Hall–Kier alpha value is -1.39. The fourth-order valence-electron chi connectivity index (χ4n) is 2.43. The minimum Gasteiger partial charge on any atom is -0.330 e. The third-order valence-corrected chi connectivity index (χ3v) is 4.08. The summed E-state index contributed by atoms with van der Waals surface area (Å²) >= 11 is 8.98. The number of hydrogen-bond acceptors (Lipinski definition) is 1.